The molecule has 0 radical (unpaired) electrons. The Morgan fingerprint density at radius 1 is 0.939 bits per heavy atom. The van der Waals surface area contributed by atoms with Crippen molar-refractivity contribution in [1.82, 2.24) is 0 Å². The highest BCUT2D eigenvalue weighted by molar-refractivity contribution is 6.99. The molecular weight excluding hydrogens is 625 g/mol. The van der Waals surface area contributed by atoms with Crippen molar-refractivity contribution in [2.75, 3.05) is 6.61 Å². The zero-order valence-corrected chi connectivity index (χ0v) is 32.5. The van der Waals surface area contributed by atoms with E-state index in [-0.39, 0.29) is 40.0 Å². The van der Waals surface area contributed by atoms with Crippen LogP contribution >= 0.6 is 0 Å². The highest BCUT2D eigenvalue weighted by Gasteiger charge is 2.75. The van der Waals surface area contributed by atoms with Crippen molar-refractivity contribution in [3.05, 3.63) is 72.3 Å². The minimum atomic E-state index is -2.63. The molecule has 49 heavy (non-hydrogen) atoms. The third kappa shape index (κ3) is 5.20. The smallest absolute Gasteiger partial charge is 0.311 e. The van der Waals surface area contributed by atoms with Crippen molar-refractivity contribution in [3.8, 4) is 0 Å². The van der Waals surface area contributed by atoms with Crippen LogP contribution in [0.25, 0.3) is 0 Å². The number of hydrogen-bond donors (Lipinski definition) is 0. The Balaban J connectivity index is 1.19. The topological polar surface area (TPSA) is 54.0 Å². The van der Waals surface area contributed by atoms with Gasteiger partial charge in [-0.2, -0.15) is 0 Å². The van der Waals surface area contributed by atoms with E-state index in [4.69, 9.17) is 18.6 Å². The van der Waals surface area contributed by atoms with Gasteiger partial charge in [-0.1, -0.05) is 107 Å². The summed E-state index contributed by atoms with van der Waals surface area (Å²) in [4.78, 5) is 13.4. The van der Waals surface area contributed by atoms with E-state index >= 15 is 0 Å². The van der Waals surface area contributed by atoms with Gasteiger partial charge in [-0.25, -0.2) is 0 Å². The molecule has 5 aliphatic rings. The highest BCUT2D eigenvalue weighted by atomic mass is 28.4. The second-order valence-electron chi connectivity index (χ2n) is 18.0. The summed E-state index contributed by atoms with van der Waals surface area (Å²) in [6, 6.07) is 22.2. The number of esters is 1. The number of allylic oxidation sites excluding steroid dienone is 1. The van der Waals surface area contributed by atoms with Crippen LogP contribution in [0.2, 0.25) is 5.04 Å². The minimum Gasteiger partial charge on any atom is -0.466 e. The predicted octanol–water partition coefficient (Wildman–Crippen LogP) is 8.59. The van der Waals surface area contributed by atoms with Gasteiger partial charge in [0.1, 0.15) is 5.60 Å². The molecule has 7 rings (SSSR count). The molecule has 0 N–H and O–H groups in total. The fraction of sp³-hybridized carbons (Fsp3) is 0.651. The summed E-state index contributed by atoms with van der Waals surface area (Å²) >= 11 is 0. The van der Waals surface area contributed by atoms with Gasteiger partial charge in [0, 0.05) is 11.5 Å². The summed E-state index contributed by atoms with van der Waals surface area (Å²) in [7, 11) is -2.63. The van der Waals surface area contributed by atoms with Gasteiger partial charge in [0.15, 0.2) is 5.79 Å². The first-order chi connectivity index (χ1) is 23.1. The zero-order valence-electron chi connectivity index (χ0n) is 31.5. The molecule has 0 amide bonds. The van der Waals surface area contributed by atoms with Crippen molar-refractivity contribution in [3.63, 3.8) is 0 Å². The van der Waals surface area contributed by atoms with Crippen molar-refractivity contribution in [2.24, 2.45) is 34.5 Å². The lowest BCUT2D eigenvalue weighted by Crippen LogP contribution is -2.68. The van der Waals surface area contributed by atoms with Crippen molar-refractivity contribution >= 4 is 24.7 Å². The Morgan fingerprint density at radius 2 is 1.57 bits per heavy atom. The number of carbonyl (C=O) groups excluding carboxylic acids is 1. The van der Waals surface area contributed by atoms with Gasteiger partial charge in [0.25, 0.3) is 8.32 Å². The van der Waals surface area contributed by atoms with Gasteiger partial charge in [-0.05, 0) is 111 Å². The molecule has 2 aromatic carbocycles. The van der Waals surface area contributed by atoms with Crippen LogP contribution in [0.1, 0.15) is 107 Å². The van der Waals surface area contributed by atoms with Crippen LogP contribution in [-0.2, 0) is 23.4 Å². The Morgan fingerprint density at radius 3 is 2.16 bits per heavy atom. The maximum absolute atomic E-state index is 13.4. The molecule has 1 aliphatic heterocycles. The number of carbonyl (C=O) groups is 1. The van der Waals surface area contributed by atoms with E-state index in [0.717, 1.165) is 44.9 Å². The second kappa shape index (κ2) is 12.2. The summed E-state index contributed by atoms with van der Waals surface area (Å²) in [6.45, 7) is 20.5. The lowest BCUT2D eigenvalue weighted by Gasteiger charge is -2.60. The maximum Gasteiger partial charge on any atom is 0.311 e. The number of fused-ring (bicyclic) bond motifs is 7. The van der Waals surface area contributed by atoms with Gasteiger partial charge in [0.2, 0.25) is 0 Å². The SMILES string of the molecule is CCOC(=O)[C@@H](C)[C@@]12OC(C)(C)O[C@@H]1C[C@H]1[C@@H]3CC=C4C[C@@H](O[Si](c5ccccc5)(c5ccccc5)C(C)(C)C)CC[C@]4(C)[C@H]3CC[C@@]12C. The van der Waals surface area contributed by atoms with E-state index in [2.05, 4.69) is 101 Å². The first-order valence-corrected chi connectivity index (χ1v) is 21.1. The maximum atomic E-state index is 13.4. The molecule has 1 heterocycles. The Kier molecular flexibility index (Phi) is 8.74. The standard InChI is InChI=1S/C43H60O5Si/c1-10-45-38(44)29(2)43-37(46-40(6,7)48-43)28-36-34-22-21-30-27-31(23-25-41(30,8)35(34)24-26-42(36,43)9)47-49(39(3,4)5,32-17-13-11-14-18-32)33-19-15-12-16-20-33/h11-21,29,31,34-37H,10,22-28H2,1-9H3/t29-,31+,34-,35+,36+,37-,41+,42+,43-/m1/s1. The van der Waals surface area contributed by atoms with E-state index in [0.29, 0.717) is 24.4 Å². The molecule has 4 fully saturated rings. The molecule has 4 aliphatic carbocycles. The van der Waals surface area contributed by atoms with Crippen molar-refractivity contribution < 1.29 is 23.4 Å². The second-order valence-corrected chi connectivity index (χ2v) is 22.2. The average molecular weight is 685 g/mol. The van der Waals surface area contributed by atoms with Gasteiger partial charge in [-0.15, -0.1) is 0 Å². The van der Waals surface area contributed by atoms with Crippen LogP contribution in [0.3, 0.4) is 0 Å². The molecule has 0 unspecified atom stereocenters. The van der Waals surface area contributed by atoms with Crippen LogP contribution in [-0.4, -0.2) is 44.5 Å². The number of ether oxygens (including phenoxy) is 3. The quantitative estimate of drug-likeness (QED) is 0.166. The molecule has 0 spiro atoms. The third-order valence-electron chi connectivity index (χ3n) is 14.2. The molecule has 266 valence electrons. The molecule has 1 saturated heterocycles. The van der Waals surface area contributed by atoms with E-state index in [9.17, 15) is 4.79 Å². The summed E-state index contributed by atoms with van der Waals surface area (Å²) in [6.07, 6.45) is 10.2. The van der Waals surface area contributed by atoms with Gasteiger partial charge >= 0.3 is 5.97 Å². The molecule has 0 bridgehead atoms. The highest BCUT2D eigenvalue weighted by Crippen LogP contribution is 2.72. The van der Waals surface area contributed by atoms with Crippen LogP contribution < -0.4 is 10.4 Å². The molecular formula is C43H60O5Si. The van der Waals surface area contributed by atoms with Crippen molar-refractivity contribution in [1.29, 1.82) is 0 Å². The van der Waals surface area contributed by atoms with E-state index in [1.165, 1.54) is 10.4 Å². The lowest BCUT2D eigenvalue weighted by atomic mass is 9.46. The Hall–Kier alpha value is -2.25. The molecule has 3 saturated carbocycles. The van der Waals surface area contributed by atoms with Crippen molar-refractivity contribution in [2.45, 2.75) is 136 Å². The van der Waals surface area contributed by atoms with Crippen LogP contribution in [0.15, 0.2) is 72.3 Å². The zero-order chi connectivity index (χ0) is 35.0. The molecule has 0 aromatic heterocycles. The van der Waals surface area contributed by atoms with Gasteiger partial charge in [-0.3, -0.25) is 4.79 Å². The first-order valence-electron chi connectivity index (χ1n) is 19.2. The fourth-order valence-corrected chi connectivity index (χ4v) is 16.8. The number of benzene rings is 2. The third-order valence-corrected chi connectivity index (χ3v) is 19.3. The van der Waals surface area contributed by atoms with E-state index < -0.39 is 19.7 Å². The first kappa shape index (κ1) is 35.2. The molecule has 5 nitrogen and oxygen atoms in total. The largest absolute Gasteiger partial charge is 0.466 e. The molecule has 2 aromatic rings. The Labute approximate surface area is 296 Å². The van der Waals surface area contributed by atoms with Gasteiger partial charge in [0.05, 0.1) is 18.6 Å². The van der Waals surface area contributed by atoms with Crippen LogP contribution in [0, 0.1) is 34.5 Å². The van der Waals surface area contributed by atoms with Gasteiger partial charge < -0.3 is 18.6 Å². The summed E-state index contributed by atoms with van der Waals surface area (Å²) < 4.78 is 27.0. The molecule has 6 heteroatoms. The normalized spacial score (nSPS) is 37.2. The number of rotatable bonds is 7. The number of hydrogen-bond acceptors (Lipinski definition) is 5. The lowest BCUT2D eigenvalue weighted by molar-refractivity contribution is -0.231. The van der Waals surface area contributed by atoms with E-state index in [1.54, 1.807) is 5.57 Å². The summed E-state index contributed by atoms with van der Waals surface area (Å²) in [5.41, 5.74) is 0.941. The van der Waals surface area contributed by atoms with E-state index in [1.807, 2.05) is 27.7 Å². The predicted molar refractivity (Wildman–Crippen MR) is 198 cm³/mol. The Bertz CT molecular complexity index is 1520. The summed E-state index contributed by atoms with van der Waals surface area (Å²) in [5.74, 6) is 0.338. The van der Waals surface area contributed by atoms with Crippen LogP contribution in [0.4, 0.5) is 0 Å². The average Bonchev–Trinajstić information content (AvgIpc) is 3.48. The minimum absolute atomic E-state index is 0.0355. The molecule has 9 atom stereocenters. The fourth-order valence-electron chi connectivity index (χ4n) is 12.1. The monoisotopic (exact) mass is 684 g/mol. The van der Waals surface area contributed by atoms with Crippen LogP contribution in [0.5, 0.6) is 0 Å². The summed E-state index contributed by atoms with van der Waals surface area (Å²) in [5, 5.41) is 2.68.